The van der Waals surface area contributed by atoms with Gasteiger partial charge in [0.1, 0.15) is 5.75 Å². The maximum Gasteiger partial charge on any atom is 0.524 e. The topological polar surface area (TPSA) is 66.8 Å². The van der Waals surface area contributed by atoms with Crippen LogP contribution in [0, 0.1) is 0 Å². The Kier molecular flexibility index (Phi) is 2.91. The molecule has 2 N–H and O–H groups in total. The Morgan fingerprint density at radius 2 is 1.69 bits per heavy atom. The zero-order valence-corrected chi connectivity index (χ0v) is 9.65. The lowest BCUT2D eigenvalue weighted by molar-refractivity contribution is 0.284. The van der Waals surface area contributed by atoms with Crippen molar-refractivity contribution < 1.29 is 18.9 Å². The van der Waals surface area contributed by atoms with Crippen molar-refractivity contribution in [3.05, 3.63) is 41.4 Å². The van der Waals surface area contributed by atoms with Crippen molar-refractivity contribution in [1.82, 2.24) is 0 Å². The highest BCUT2D eigenvalue weighted by Gasteiger charge is 2.17. The summed E-state index contributed by atoms with van der Waals surface area (Å²) in [5.41, 5.74) is 0. The van der Waals surface area contributed by atoms with E-state index in [2.05, 4.69) is 4.52 Å². The highest BCUT2D eigenvalue weighted by atomic mass is 35.5. The molecule has 0 amide bonds. The van der Waals surface area contributed by atoms with Gasteiger partial charge < -0.3 is 4.52 Å². The number of hydrogen-bond donors (Lipinski definition) is 2. The predicted octanol–water partition coefficient (Wildman–Crippen LogP) is 2.96. The first-order valence-corrected chi connectivity index (χ1v) is 6.30. The van der Waals surface area contributed by atoms with Gasteiger partial charge in [-0.05, 0) is 12.1 Å². The minimum atomic E-state index is -4.55. The standard InChI is InChI=1S/C10H8ClO4P/c11-9-5-6-10(15-16(12,13)14)8-4-2-1-3-7(8)9/h1-6H,(H2,12,13,14). The van der Waals surface area contributed by atoms with Crippen LogP contribution in [0.3, 0.4) is 0 Å². The van der Waals surface area contributed by atoms with Gasteiger partial charge in [-0.15, -0.1) is 0 Å². The molecule has 6 heteroatoms. The molecule has 2 aromatic rings. The summed E-state index contributed by atoms with van der Waals surface area (Å²) < 4.78 is 15.3. The minimum Gasteiger partial charge on any atom is -0.404 e. The van der Waals surface area contributed by atoms with Gasteiger partial charge in [-0.1, -0.05) is 35.9 Å². The van der Waals surface area contributed by atoms with Crippen LogP contribution in [-0.4, -0.2) is 9.79 Å². The molecule has 0 bridgehead atoms. The van der Waals surface area contributed by atoms with E-state index in [1.807, 2.05) is 0 Å². The van der Waals surface area contributed by atoms with E-state index in [1.54, 1.807) is 24.3 Å². The molecule has 0 spiro atoms. The number of rotatable bonds is 2. The van der Waals surface area contributed by atoms with Crippen molar-refractivity contribution in [2.45, 2.75) is 0 Å². The molecular formula is C10H8ClO4P. The zero-order valence-electron chi connectivity index (χ0n) is 8.00. The smallest absolute Gasteiger partial charge is 0.404 e. The lowest BCUT2D eigenvalue weighted by Crippen LogP contribution is -1.91. The third-order valence-corrected chi connectivity index (χ3v) is 2.81. The van der Waals surface area contributed by atoms with Crippen molar-refractivity contribution in [2.24, 2.45) is 0 Å². The number of phosphoric acid groups is 1. The molecule has 0 saturated carbocycles. The van der Waals surface area contributed by atoms with E-state index in [4.69, 9.17) is 21.4 Å². The number of benzene rings is 2. The summed E-state index contributed by atoms with van der Waals surface area (Å²) in [6.07, 6.45) is 0. The van der Waals surface area contributed by atoms with Gasteiger partial charge >= 0.3 is 7.82 Å². The fourth-order valence-electron chi connectivity index (χ4n) is 1.44. The Morgan fingerprint density at radius 1 is 1.06 bits per heavy atom. The van der Waals surface area contributed by atoms with Crippen molar-refractivity contribution in [3.8, 4) is 5.75 Å². The molecule has 0 aliphatic carbocycles. The van der Waals surface area contributed by atoms with Gasteiger partial charge in [0.15, 0.2) is 0 Å². The molecule has 84 valence electrons. The van der Waals surface area contributed by atoms with Crippen molar-refractivity contribution in [3.63, 3.8) is 0 Å². The second-order valence-electron chi connectivity index (χ2n) is 3.17. The first kappa shape index (κ1) is 11.4. The van der Waals surface area contributed by atoms with Crippen molar-refractivity contribution >= 4 is 30.2 Å². The summed E-state index contributed by atoms with van der Waals surface area (Å²) in [7, 11) is -4.55. The number of hydrogen-bond acceptors (Lipinski definition) is 2. The number of halogens is 1. The van der Waals surface area contributed by atoms with Crippen LogP contribution < -0.4 is 4.52 Å². The molecule has 0 heterocycles. The second kappa shape index (κ2) is 4.07. The Hall–Kier alpha value is -1.06. The largest absolute Gasteiger partial charge is 0.524 e. The highest BCUT2D eigenvalue weighted by Crippen LogP contribution is 2.41. The second-order valence-corrected chi connectivity index (χ2v) is 4.74. The summed E-state index contributed by atoms with van der Waals surface area (Å²) in [6, 6.07) is 9.94. The summed E-state index contributed by atoms with van der Waals surface area (Å²) in [5, 5.41) is 1.77. The molecule has 16 heavy (non-hydrogen) atoms. The molecule has 0 aromatic heterocycles. The quantitative estimate of drug-likeness (QED) is 0.813. The third kappa shape index (κ3) is 2.36. The van der Waals surface area contributed by atoms with Gasteiger partial charge in [0.2, 0.25) is 0 Å². The van der Waals surface area contributed by atoms with Crippen molar-refractivity contribution in [2.75, 3.05) is 0 Å². The van der Waals surface area contributed by atoms with Crippen molar-refractivity contribution in [1.29, 1.82) is 0 Å². The van der Waals surface area contributed by atoms with Crippen LogP contribution in [0.4, 0.5) is 0 Å². The average molecular weight is 259 g/mol. The molecular weight excluding hydrogens is 251 g/mol. The summed E-state index contributed by atoms with van der Waals surface area (Å²) in [5.74, 6) is 0.119. The van der Waals surface area contributed by atoms with Gasteiger partial charge in [0.25, 0.3) is 0 Å². The maximum atomic E-state index is 10.8. The van der Waals surface area contributed by atoms with Crippen LogP contribution in [-0.2, 0) is 4.57 Å². The van der Waals surface area contributed by atoms with E-state index in [0.29, 0.717) is 15.8 Å². The van der Waals surface area contributed by atoms with Gasteiger partial charge in [-0.3, -0.25) is 9.79 Å². The molecule has 0 unspecified atom stereocenters. The SMILES string of the molecule is O=P(O)(O)Oc1ccc(Cl)c2ccccc12. The average Bonchev–Trinajstić information content (AvgIpc) is 2.21. The molecule has 0 fully saturated rings. The molecule has 0 aliphatic heterocycles. The fraction of sp³-hybridized carbons (Fsp3) is 0. The van der Waals surface area contributed by atoms with Crippen LogP contribution in [0.25, 0.3) is 10.8 Å². The summed E-state index contributed by atoms with van der Waals surface area (Å²) >= 11 is 5.95. The highest BCUT2D eigenvalue weighted by molar-refractivity contribution is 7.46. The van der Waals surface area contributed by atoms with Gasteiger partial charge in [-0.2, -0.15) is 0 Å². The Labute approximate surface area is 96.7 Å². The first-order valence-electron chi connectivity index (χ1n) is 4.40. The Bertz CT molecular complexity index is 578. The van der Waals surface area contributed by atoms with E-state index in [1.165, 1.54) is 12.1 Å². The zero-order chi connectivity index (χ0) is 11.8. The maximum absolute atomic E-state index is 10.8. The van der Waals surface area contributed by atoms with E-state index in [9.17, 15) is 4.57 Å². The predicted molar refractivity (Wildman–Crippen MR) is 61.6 cm³/mol. The normalized spacial score (nSPS) is 11.7. The van der Waals surface area contributed by atoms with Crippen LogP contribution >= 0.6 is 19.4 Å². The summed E-state index contributed by atoms with van der Waals surface area (Å²) in [4.78, 5) is 17.5. The fourth-order valence-corrected chi connectivity index (χ4v) is 2.09. The van der Waals surface area contributed by atoms with Gasteiger partial charge in [0, 0.05) is 15.8 Å². The Balaban J connectivity index is 2.63. The van der Waals surface area contributed by atoms with E-state index in [0.717, 1.165) is 0 Å². The Morgan fingerprint density at radius 3 is 2.31 bits per heavy atom. The number of fused-ring (bicyclic) bond motifs is 1. The van der Waals surface area contributed by atoms with Gasteiger partial charge in [-0.25, -0.2) is 4.57 Å². The summed E-state index contributed by atoms with van der Waals surface area (Å²) in [6.45, 7) is 0. The molecule has 0 aliphatic rings. The number of phosphoric ester groups is 1. The molecule has 2 aromatic carbocycles. The van der Waals surface area contributed by atoms with Crippen LogP contribution in [0.1, 0.15) is 0 Å². The lowest BCUT2D eigenvalue weighted by atomic mass is 10.1. The molecule has 2 rings (SSSR count). The molecule has 0 saturated heterocycles. The van der Waals surface area contributed by atoms with Crippen LogP contribution in [0.5, 0.6) is 5.75 Å². The van der Waals surface area contributed by atoms with Crippen LogP contribution in [0.15, 0.2) is 36.4 Å². The van der Waals surface area contributed by atoms with Crippen LogP contribution in [0.2, 0.25) is 5.02 Å². The third-order valence-electron chi connectivity index (χ3n) is 2.05. The molecule has 0 atom stereocenters. The van der Waals surface area contributed by atoms with E-state index < -0.39 is 7.82 Å². The van der Waals surface area contributed by atoms with Gasteiger partial charge in [0.05, 0.1) is 0 Å². The van der Waals surface area contributed by atoms with E-state index in [-0.39, 0.29) is 5.75 Å². The minimum absolute atomic E-state index is 0.119. The molecule has 4 nitrogen and oxygen atoms in total. The lowest BCUT2D eigenvalue weighted by Gasteiger charge is -2.10. The molecule has 0 radical (unpaired) electrons. The monoisotopic (exact) mass is 258 g/mol. The van der Waals surface area contributed by atoms with E-state index >= 15 is 0 Å². The first-order chi connectivity index (χ1) is 7.47.